The van der Waals surface area contributed by atoms with E-state index in [1.807, 2.05) is 0 Å². The van der Waals surface area contributed by atoms with Gasteiger partial charge in [-0.25, -0.2) is 4.98 Å². The first-order valence-electron chi connectivity index (χ1n) is 8.73. The Kier molecular flexibility index (Phi) is 4.85. The van der Waals surface area contributed by atoms with Gasteiger partial charge in [0.2, 0.25) is 0 Å². The Morgan fingerprint density at radius 1 is 1.10 bits per heavy atom. The van der Waals surface area contributed by atoms with E-state index in [2.05, 4.69) is 15.0 Å². The van der Waals surface area contributed by atoms with Crippen molar-refractivity contribution in [3.8, 4) is 11.5 Å². The number of nitrogens with zero attached hydrogens (tertiary/aromatic N) is 2. The fourth-order valence-corrected chi connectivity index (χ4v) is 3.88. The maximum atomic E-state index is 12.8. The predicted octanol–water partition coefficient (Wildman–Crippen LogP) is 2.24. The van der Waals surface area contributed by atoms with E-state index in [-0.39, 0.29) is 16.3 Å². The van der Waals surface area contributed by atoms with Crippen molar-refractivity contribution in [2.24, 2.45) is 7.05 Å². The van der Waals surface area contributed by atoms with Crippen LogP contribution >= 0.6 is 0 Å². The number of hydrogen-bond acceptors (Lipinski definition) is 6. The lowest BCUT2D eigenvalue weighted by Crippen LogP contribution is -2.19. The Morgan fingerprint density at radius 3 is 2.62 bits per heavy atom. The van der Waals surface area contributed by atoms with Crippen LogP contribution in [0.1, 0.15) is 10.4 Å². The number of imidazole rings is 1. The Labute approximate surface area is 167 Å². The van der Waals surface area contributed by atoms with E-state index in [4.69, 9.17) is 9.47 Å². The first-order valence-corrected chi connectivity index (χ1v) is 10.2. The fourth-order valence-electron chi connectivity index (χ4n) is 2.81. The van der Waals surface area contributed by atoms with Gasteiger partial charge in [-0.05, 0) is 24.3 Å². The van der Waals surface area contributed by atoms with Crippen LogP contribution < -0.4 is 19.5 Å². The number of ether oxygens (including phenoxy) is 2. The second kappa shape index (κ2) is 7.47. The first-order chi connectivity index (χ1) is 13.9. The van der Waals surface area contributed by atoms with Crippen molar-refractivity contribution in [1.82, 2.24) is 9.55 Å². The second-order valence-electron chi connectivity index (χ2n) is 6.34. The quantitative estimate of drug-likeness (QED) is 0.662. The molecule has 0 radical (unpaired) electrons. The summed E-state index contributed by atoms with van der Waals surface area (Å²) in [6, 6.07) is 11.4. The van der Waals surface area contributed by atoms with Crippen LogP contribution in [0, 0.1) is 0 Å². The molecule has 3 aromatic rings. The first kappa shape index (κ1) is 18.8. The third kappa shape index (κ3) is 4.02. The highest BCUT2D eigenvalue weighted by Gasteiger charge is 2.21. The van der Waals surface area contributed by atoms with Crippen LogP contribution in [-0.4, -0.2) is 37.1 Å². The van der Waals surface area contributed by atoms with Crippen LogP contribution in [-0.2, 0) is 17.1 Å². The zero-order valence-electron chi connectivity index (χ0n) is 15.5. The van der Waals surface area contributed by atoms with Gasteiger partial charge in [-0.15, -0.1) is 0 Å². The molecule has 2 N–H and O–H groups in total. The molecule has 9 nitrogen and oxygen atoms in total. The van der Waals surface area contributed by atoms with Gasteiger partial charge in [0.1, 0.15) is 13.2 Å². The number of anilines is 2. The molecule has 2 heterocycles. The number of fused-ring (bicyclic) bond motifs is 1. The summed E-state index contributed by atoms with van der Waals surface area (Å²) in [4.78, 5) is 16.6. The Balaban J connectivity index is 1.57. The number of sulfonamides is 1. The summed E-state index contributed by atoms with van der Waals surface area (Å²) in [5, 5.41) is 2.61. The molecule has 0 bridgehead atoms. The summed E-state index contributed by atoms with van der Waals surface area (Å²) in [7, 11) is -2.26. The topological polar surface area (TPSA) is 112 Å². The van der Waals surface area contributed by atoms with E-state index >= 15 is 0 Å². The third-order valence-corrected chi connectivity index (χ3v) is 5.42. The lowest BCUT2D eigenvalue weighted by molar-refractivity contribution is 0.102. The van der Waals surface area contributed by atoms with Gasteiger partial charge in [0.25, 0.3) is 15.9 Å². The Morgan fingerprint density at radius 2 is 1.86 bits per heavy atom. The molecule has 29 heavy (non-hydrogen) atoms. The highest BCUT2D eigenvalue weighted by molar-refractivity contribution is 7.92. The van der Waals surface area contributed by atoms with Crippen LogP contribution in [0.5, 0.6) is 11.5 Å². The monoisotopic (exact) mass is 414 g/mol. The summed E-state index contributed by atoms with van der Waals surface area (Å²) in [6.07, 6.45) is 2.76. The lowest BCUT2D eigenvalue weighted by atomic mass is 10.1. The van der Waals surface area contributed by atoms with Crippen molar-refractivity contribution in [3.63, 3.8) is 0 Å². The smallest absolute Gasteiger partial charge is 0.280 e. The SMILES string of the molecule is Cn1cnc(S(=O)(=O)Nc2ccccc2C(=O)Nc2ccc3c(c2)OCCO3)c1. The molecule has 0 atom stereocenters. The normalized spacial score (nSPS) is 13.0. The molecule has 0 saturated carbocycles. The number of benzene rings is 2. The van der Waals surface area contributed by atoms with Crippen molar-refractivity contribution >= 4 is 27.3 Å². The molecule has 4 rings (SSSR count). The van der Waals surface area contributed by atoms with E-state index in [0.717, 1.165) is 0 Å². The fraction of sp³-hybridized carbons (Fsp3) is 0.158. The summed E-state index contributed by atoms with van der Waals surface area (Å²) >= 11 is 0. The van der Waals surface area contributed by atoms with Crippen molar-refractivity contribution < 1.29 is 22.7 Å². The highest BCUT2D eigenvalue weighted by atomic mass is 32.2. The molecular weight excluding hydrogens is 396 g/mol. The van der Waals surface area contributed by atoms with Crippen molar-refractivity contribution in [2.45, 2.75) is 5.03 Å². The van der Waals surface area contributed by atoms with E-state index in [0.29, 0.717) is 30.4 Å². The summed E-state index contributed by atoms with van der Waals surface area (Å²) < 4.78 is 40.0. The van der Waals surface area contributed by atoms with Crippen molar-refractivity contribution in [3.05, 3.63) is 60.6 Å². The number of para-hydroxylation sites is 1. The molecule has 0 unspecified atom stereocenters. The zero-order valence-corrected chi connectivity index (χ0v) is 16.3. The van der Waals surface area contributed by atoms with Gasteiger partial charge in [-0.2, -0.15) is 8.42 Å². The van der Waals surface area contributed by atoms with E-state index in [1.165, 1.54) is 29.2 Å². The number of carbonyl (C=O) groups is 1. The number of carbonyl (C=O) groups excluding carboxylic acids is 1. The summed E-state index contributed by atoms with van der Waals surface area (Å²) in [5.41, 5.74) is 0.816. The summed E-state index contributed by atoms with van der Waals surface area (Å²) in [6.45, 7) is 0.908. The number of rotatable bonds is 5. The van der Waals surface area contributed by atoms with Gasteiger partial charge in [0.15, 0.2) is 16.5 Å². The van der Waals surface area contributed by atoms with Gasteiger partial charge in [0, 0.05) is 25.0 Å². The van der Waals surface area contributed by atoms with Crippen LogP contribution in [0.25, 0.3) is 0 Å². The van der Waals surface area contributed by atoms with Crippen LogP contribution in [0.3, 0.4) is 0 Å². The minimum absolute atomic E-state index is 0.137. The molecule has 10 heteroatoms. The molecule has 2 aromatic carbocycles. The minimum Gasteiger partial charge on any atom is -0.486 e. The number of amides is 1. The summed E-state index contributed by atoms with van der Waals surface area (Å²) in [5.74, 6) is 0.678. The average molecular weight is 414 g/mol. The zero-order chi connectivity index (χ0) is 20.4. The standard InChI is InChI=1S/C19H18N4O5S/c1-23-11-18(20-12-23)29(25,26)22-15-5-3-2-4-14(15)19(24)21-13-6-7-16-17(10-13)28-9-8-27-16/h2-7,10-12,22H,8-9H2,1H3,(H,21,24). The molecule has 0 fully saturated rings. The maximum Gasteiger partial charge on any atom is 0.280 e. The molecule has 1 aliphatic heterocycles. The Hall–Kier alpha value is -3.53. The number of aryl methyl sites for hydroxylation is 1. The highest BCUT2D eigenvalue weighted by Crippen LogP contribution is 2.33. The largest absolute Gasteiger partial charge is 0.486 e. The molecular formula is C19H18N4O5S. The molecule has 150 valence electrons. The maximum absolute atomic E-state index is 12.8. The third-order valence-electron chi connectivity index (χ3n) is 4.17. The van der Waals surface area contributed by atoms with Gasteiger partial charge in [0.05, 0.1) is 17.6 Å². The average Bonchev–Trinajstić information content (AvgIpc) is 3.15. The Bertz CT molecular complexity index is 1170. The molecule has 1 aromatic heterocycles. The van der Waals surface area contributed by atoms with Crippen molar-refractivity contribution in [1.29, 1.82) is 0 Å². The van der Waals surface area contributed by atoms with Crippen LogP contribution in [0.15, 0.2) is 60.0 Å². The number of nitrogens with one attached hydrogen (secondary N) is 2. The molecule has 0 spiro atoms. The van der Waals surface area contributed by atoms with Crippen LogP contribution in [0.4, 0.5) is 11.4 Å². The molecule has 1 amide bonds. The predicted molar refractivity (Wildman–Crippen MR) is 106 cm³/mol. The minimum atomic E-state index is -3.93. The molecule has 1 aliphatic rings. The van der Waals surface area contributed by atoms with Crippen molar-refractivity contribution in [2.75, 3.05) is 23.3 Å². The van der Waals surface area contributed by atoms with Gasteiger partial charge in [-0.3, -0.25) is 9.52 Å². The van der Waals surface area contributed by atoms with E-state index in [1.54, 1.807) is 37.4 Å². The van der Waals surface area contributed by atoms with Crippen LogP contribution in [0.2, 0.25) is 0 Å². The van der Waals surface area contributed by atoms with E-state index < -0.39 is 15.9 Å². The van der Waals surface area contributed by atoms with Gasteiger partial charge in [-0.1, -0.05) is 12.1 Å². The van der Waals surface area contributed by atoms with Gasteiger partial charge < -0.3 is 19.4 Å². The molecule has 0 saturated heterocycles. The lowest BCUT2D eigenvalue weighted by Gasteiger charge is -2.19. The van der Waals surface area contributed by atoms with E-state index in [9.17, 15) is 13.2 Å². The number of hydrogen-bond donors (Lipinski definition) is 2. The van der Waals surface area contributed by atoms with Gasteiger partial charge >= 0.3 is 0 Å². The molecule has 0 aliphatic carbocycles. The second-order valence-corrected chi connectivity index (χ2v) is 7.97. The number of aromatic nitrogens is 2.